The first-order valence-electron chi connectivity index (χ1n) is 10.1. The molecule has 1 aliphatic heterocycles. The molecule has 0 saturated carbocycles. The van der Waals surface area contributed by atoms with Crippen molar-refractivity contribution in [3.63, 3.8) is 0 Å². The first kappa shape index (κ1) is 24.5. The number of halogens is 2. The summed E-state index contributed by atoms with van der Waals surface area (Å²) in [7, 11) is 1.40. The Hall–Kier alpha value is -3.17. The molecule has 3 N–H and O–H groups in total. The number of hydrogen-bond donors (Lipinski definition) is 2. The Morgan fingerprint density at radius 1 is 1.03 bits per heavy atom. The monoisotopic (exact) mass is 494 g/mol. The normalized spacial score (nSPS) is 13.5. The predicted octanol–water partition coefficient (Wildman–Crippen LogP) is 3.16. The molecule has 1 saturated heterocycles. The van der Waals surface area contributed by atoms with Crippen LogP contribution in [0.1, 0.15) is 15.9 Å². The number of ether oxygens (including phenoxy) is 2. The fourth-order valence-corrected chi connectivity index (χ4v) is 3.74. The summed E-state index contributed by atoms with van der Waals surface area (Å²) in [4.78, 5) is 39.8. The van der Waals surface area contributed by atoms with Crippen LogP contribution in [0.25, 0.3) is 0 Å². The molecular formula is C22H24Cl2N4O5. The van der Waals surface area contributed by atoms with E-state index in [9.17, 15) is 14.4 Å². The van der Waals surface area contributed by atoms with Gasteiger partial charge in [0.15, 0.2) is 18.1 Å². The maximum absolute atomic E-state index is 13.0. The van der Waals surface area contributed by atoms with Crippen LogP contribution in [-0.4, -0.2) is 67.5 Å². The van der Waals surface area contributed by atoms with E-state index < -0.39 is 5.91 Å². The van der Waals surface area contributed by atoms with Crippen LogP contribution in [-0.2, 0) is 4.79 Å². The molecule has 33 heavy (non-hydrogen) atoms. The number of hydrogen-bond acceptors (Lipinski definition) is 5. The summed E-state index contributed by atoms with van der Waals surface area (Å²) in [5.74, 6) is -0.586. The lowest BCUT2D eigenvalue weighted by molar-refractivity contribution is -0.119. The van der Waals surface area contributed by atoms with Crippen LogP contribution in [0, 0.1) is 6.92 Å². The van der Waals surface area contributed by atoms with Crippen LogP contribution >= 0.6 is 23.2 Å². The summed E-state index contributed by atoms with van der Waals surface area (Å²) in [6, 6.07) is 7.99. The molecule has 1 fully saturated rings. The maximum atomic E-state index is 13.0. The molecule has 9 nitrogen and oxygen atoms in total. The molecule has 0 aromatic heterocycles. The standard InChI is InChI=1S/C22H24Cl2N4O5/c1-13-3-4-15(11-16(13)23)26-22(31)28-7-5-27(6-8-28)21(30)14-9-17(24)20(18(10-14)32-2)33-12-19(25)29/h3-4,9-11H,5-8,12H2,1-2H3,(H2,25,29)(H,26,31). The van der Waals surface area contributed by atoms with Crippen LogP contribution in [0.2, 0.25) is 10.0 Å². The van der Waals surface area contributed by atoms with Gasteiger partial charge in [0.2, 0.25) is 0 Å². The second-order valence-electron chi connectivity index (χ2n) is 7.42. The van der Waals surface area contributed by atoms with Gasteiger partial charge in [-0.1, -0.05) is 29.3 Å². The molecule has 1 aliphatic rings. The van der Waals surface area contributed by atoms with Crippen molar-refractivity contribution in [1.82, 2.24) is 9.80 Å². The molecule has 2 aromatic carbocycles. The highest BCUT2D eigenvalue weighted by Crippen LogP contribution is 2.36. The van der Waals surface area contributed by atoms with E-state index in [0.29, 0.717) is 42.5 Å². The van der Waals surface area contributed by atoms with E-state index in [-0.39, 0.29) is 35.1 Å². The number of urea groups is 1. The summed E-state index contributed by atoms with van der Waals surface area (Å²) >= 11 is 12.4. The van der Waals surface area contributed by atoms with Crippen molar-refractivity contribution in [2.75, 3.05) is 45.2 Å². The number of benzene rings is 2. The molecule has 4 amide bonds. The van der Waals surface area contributed by atoms with Gasteiger partial charge in [-0.3, -0.25) is 9.59 Å². The molecule has 3 rings (SSSR count). The number of nitrogens with two attached hydrogens (primary N) is 1. The van der Waals surface area contributed by atoms with Crippen molar-refractivity contribution in [2.45, 2.75) is 6.92 Å². The summed E-state index contributed by atoms with van der Waals surface area (Å²) in [6.07, 6.45) is 0. The lowest BCUT2D eigenvalue weighted by Gasteiger charge is -2.34. The van der Waals surface area contributed by atoms with Gasteiger partial charge in [0.05, 0.1) is 12.1 Å². The van der Waals surface area contributed by atoms with Gasteiger partial charge < -0.3 is 30.3 Å². The van der Waals surface area contributed by atoms with Gasteiger partial charge in [0.1, 0.15) is 0 Å². The number of nitrogens with one attached hydrogen (secondary N) is 1. The number of aryl methyl sites for hydroxylation is 1. The minimum atomic E-state index is -0.666. The fraction of sp³-hybridized carbons (Fsp3) is 0.318. The van der Waals surface area contributed by atoms with Crippen LogP contribution in [0.3, 0.4) is 0 Å². The molecular weight excluding hydrogens is 471 g/mol. The molecule has 0 bridgehead atoms. The lowest BCUT2D eigenvalue weighted by atomic mass is 10.1. The number of carbonyl (C=O) groups is 3. The Kier molecular flexibility index (Phi) is 7.88. The van der Waals surface area contributed by atoms with Gasteiger partial charge in [0.25, 0.3) is 11.8 Å². The molecule has 0 atom stereocenters. The van der Waals surface area contributed by atoms with Crippen LogP contribution in [0.15, 0.2) is 30.3 Å². The number of nitrogens with zero attached hydrogens (tertiary/aromatic N) is 2. The Morgan fingerprint density at radius 3 is 2.30 bits per heavy atom. The second kappa shape index (κ2) is 10.6. The van der Waals surface area contributed by atoms with Crippen molar-refractivity contribution >= 4 is 46.7 Å². The van der Waals surface area contributed by atoms with Crippen LogP contribution in [0.4, 0.5) is 10.5 Å². The van der Waals surface area contributed by atoms with Crippen molar-refractivity contribution < 1.29 is 23.9 Å². The first-order chi connectivity index (χ1) is 15.7. The Labute approximate surface area is 201 Å². The fourth-order valence-electron chi connectivity index (χ4n) is 3.30. The number of anilines is 1. The lowest BCUT2D eigenvalue weighted by Crippen LogP contribution is -2.51. The molecule has 0 unspecified atom stereocenters. The number of amides is 4. The summed E-state index contributed by atoms with van der Waals surface area (Å²) in [5, 5.41) is 3.51. The van der Waals surface area contributed by atoms with Crippen LogP contribution in [0.5, 0.6) is 11.5 Å². The zero-order chi connectivity index (χ0) is 24.1. The van der Waals surface area contributed by atoms with E-state index in [2.05, 4.69) is 5.32 Å². The molecule has 0 aliphatic carbocycles. The van der Waals surface area contributed by atoms with E-state index >= 15 is 0 Å². The highest BCUT2D eigenvalue weighted by molar-refractivity contribution is 6.32. The quantitative estimate of drug-likeness (QED) is 0.639. The van der Waals surface area contributed by atoms with E-state index in [4.69, 9.17) is 38.4 Å². The van der Waals surface area contributed by atoms with E-state index in [1.807, 2.05) is 13.0 Å². The Bertz CT molecular complexity index is 1070. The van der Waals surface area contributed by atoms with Gasteiger partial charge in [-0.25, -0.2) is 4.79 Å². The third kappa shape index (κ3) is 6.00. The highest BCUT2D eigenvalue weighted by Gasteiger charge is 2.26. The number of piperazine rings is 1. The first-order valence-corrected chi connectivity index (χ1v) is 10.8. The zero-order valence-electron chi connectivity index (χ0n) is 18.2. The van der Waals surface area contributed by atoms with Gasteiger partial charge >= 0.3 is 6.03 Å². The maximum Gasteiger partial charge on any atom is 0.321 e. The Balaban J connectivity index is 1.62. The highest BCUT2D eigenvalue weighted by atomic mass is 35.5. The van der Waals surface area contributed by atoms with Crippen LogP contribution < -0.4 is 20.5 Å². The van der Waals surface area contributed by atoms with Gasteiger partial charge in [-0.2, -0.15) is 0 Å². The van der Waals surface area contributed by atoms with Crippen molar-refractivity contribution in [3.05, 3.63) is 51.5 Å². The predicted molar refractivity (Wildman–Crippen MR) is 125 cm³/mol. The molecule has 2 aromatic rings. The average Bonchev–Trinajstić information content (AvgIpc) is 2.79. The topological polar surface area (TPSA) is 114 Å². The molecule has 0 spiro atoms. The third-order valence-electron chi connectivity index (χ3n) is 5.11. The van der Waals surface area contributed by atoms with Crippen molar-refractivity contribution in [3.8, 4) is 11.5 Å². The van der Waals surface area contributed by atoms with E-state index in [1.165, 1.54) is 19.2 Å². The molecule has 176 valence electrons. The minimum Gasteiger partial charge on any atom is -0.493 e. The smallest absolute Gasteiger partial charge is 0.321 e. The largest absolute Gasteiger partial charge is 0.493 e. The number of primary amides is 1. The molecule has 1 heterocycles. The molecule has 0 radical (unpaired) electrons. The van der Waals surface area contributed by atoms with Crippen molar-refractivity contribution in [1.29, 1.82) is 0 Å². The summed E-state index contributed by atoms with van der Waals surface area (Å²) < 4.78 is 10.5. The van der Waals surface area contributed by atoms with E-state index in [1.54, 1.807) is 21.9 Å². The second-order valence-corrected chi connectivity index (χ2v) is 8.23. The van der Waals surface area contributed by atoms with Crippen molar-refractivity contribution in [2.24, 2.45) is 5.73 Å². The third-order valence-corrected chi connectivity index (χ3v) is 5.80. The Morgan fingerprint density at radius 2 is 1.70 bits per heavy atom. The van der Waals surface area contributed by atoms with Gasteiger partial charge in [-0.15, -0.1) is 0 Å². The van der Waals surface area contributed by atoms with E-state index in [0.717, 1.165) is 5.56 Å². The zero-order valence-corrected chi connectivity index (χ0v) is 19.7. The minimum absolute atomic E-state index is 0.119. The number of methoxy groups -OCH3 is 1. The summed E-state index contributed by atoms with van der Waals surface area (Å²) in [6.45, 7) is 2.93. The van der Waals surface area contributed by atoms with Gasteiger partial charge in [0, 0.05) is 42.5 Å². The molecule has 11 heteroatoms. The average molecular weight is 495 g/mol. The van der Waals surface area contributed by atoms with Gasteiger partial charge in [-0.05, 0) is 36.8 Å². The number of carbonyl (C=O) groups excluding carboxylic acids is 3. The SMILES string of the molecule is COc1cc(C(=O)N2CCN(C(=O)Nc3ccc(C)c(Cl)c3)CC2)cc(Cl)c1OCC(N)=O. The number of rotatable bonds is 6. The summed E-state index contributed by atoms with van der Waals surface area (Å²) in [5.41, 5.74) is 6.93.